The topological polar surface area (TPSA) is 79.5 Å². The molecular weight excluding hydrogens is 358 g/mol. The van der Waals surface area contributed by atoms with Gasteiger partial charge in [0.2, 0.25) is 10.0 Å². The average Bonchev–Trinajstić information content (AvgIpc) is 2.75. The van der Waals surface area contributed by atoms with Crippen molar-refractivity contribution in [2.45, 2.75) is 24.8 Å². The van der Waals surface area contributed by atoms with Crippen LogP contribution in [0.5, 0.6) is 0 Å². The van der Waals surface area contributed by atoms with Crippen LogP contribution in [0.2, 0.25) is 0 Å². The van der Waals surface area contributed by atoms with Crippen molar-refractivity contribution in [1.29, 1.82) is 0 Å². The van der Waals surface area contributed by atoms with E-state index in [0.29, 0.717) is 21.6 Å². The highest BCUT2D eigenvalue weighted by molar-refractivity contribution is 9.10. The van der Waals surface area contributed by atoms with Gasteiger partial charge in [-0.15, -0.1) is 0 Å². The van der Waals surface area contributed by atoms with Crippen LogP contribution in [-0.4, -0.2) is 20.1 Å². The minimum atomic E-state index is -3.69. The van der Waals surface area contributed by atoms with E-state index in [2.05, 4.69) is 20.7 Å². The van der Waals surface area contributed by atoms with Crippen LogP contribution in [0.4, 0.5) is 0 Å². The summed E-state index contributed by atoms with van der Waals surface area (Å²) < 4.78 is 32.6. The van der Waals surface area contributed by atoms with Gasteiger partial charge in [-0.05, 0) is 48.0 Å². The van der Waals surface area contributed by atoms with Crippen LogP contribution in [0.15, 0.2) is 44.1 Å². The zero-order chi connectivity index (χ0) is 15.6. The third-order valence-electron chi connectivity index (χ3n) is 3.03. The van der Waals surface area contributed by atoms with Gasteiger partial charge in [0, 0.05) is 16.6 Å². The van der Waals surface area contributed by atoms with Crippen molar-refractivity contribution < 1.29 is 17.9 Å². The predicted octanol–water partition coefficient (Wildman–Crippen LogP) is 2.67. The van der Waals surface area contributed by atoms with E-state index in [9.17, 15) is 13.5 Å². The number of nitrogens with one attached hydrogen (secondary N) is 1. The molecule has 0 spiro atoms. The van der Waals surface area contributed by atoms with E-state index in [1.165, 1.54) is 6.07 Å². The van der Waals surface area contributed by atoms with Gasteiger partial charge in [-0.2, -0.15) is 0 Å². The van der Waals surface area contributed by atoms with Crippen molar-refractivity contribution in [3.8, 4) is 0 Å². The second kappa shape index (κ2) is 6.31. The normalized spacial score (nSPS) is 13.3. The minimum absolute atomic E-state index is 0.122. The summed E-state index contributed by atoms with van der Waals surface area (Å²) in [6.45, 7) is 3.38. The first-order chi connectivity index (χ1) is 9.81. The molecule has 0 bridgehead atoms. The van der Waals surface area contributed by atoms with E-state index in [-0.39, 0.29) is 11.4 Å². The first kappa shape index (κ1) is 16.2. The Morgan fingerprint density at radius 3 is 2.57 bits per heavy atom. The van der Waals surface area contributed by atoms with Crippen LogP contribution in [0.25, 0.3) is 0 Å². The van der Waals surface area contributed by atoms with E-state index < -0.39 is 16.1 Å². The number of halogens is 1. The third kappa shape index (κ3) is 3.74. The molecule has 1 aromatic heterocycles. The smallest absolute Gasteiger partial charge is 0.241 e. The number of hydrogen-bond donors (Lipinski definition) is 2. The molecule has 5 nitrogen and oxygen atoms in total. The zero-order valence-corrected chi connectivity index (χ0v) is 14.0. The predicted molar refractivity (Wildman–Crippen MR) is 82.5 cm³/mol. The highest BCUT2D eigenvalue weighted by Crippen LogP contribution is 2.23. The van der Waals surface area contributed by atoms with Gasteiger partial charge in [-0.1, -0.05) is 12.1 Å². The first-order valence-corrected chi connectivity index (χ1v) is 8.58. The summed E-state index contributed by atoms with van der Waals surface area (Å²) in [6.07, 6.45) is -0.959. The summed E-state index contributed by atoms with van der Waals surface area (Å²) in [5, 5.41) is 10.1. The lowest BCUT2D eigenvalue weighted by Crippen LogP contribution is -2.28. The maximum atomic E-state index is 12.2. The Morgan fingerprint density at radius 1 is 1.33 bits per heavy atom. The highest BCUT2D eigenvalue weighted by atomic mass is 79.9. The number of sulfonamides is 1. The monoisotopic (exact) mass is 373 g/mol. The molecule has 1 heterocycles. The van der Waals surface area contributed by atoms with E-state index in [1.54, 1.807) is 38.1 Å². The lowest BCUT2D eigenvalue weighted by molar-refractivity contribution is 0.180. The van der Waals surface area contributed by atoms with Crippen molar-refractivity contribution in [3.63, 3.8) is 0 Å². The van der Waals surface area contributed by atoms with Gasteiger partial charge in [0.1, 0.15) is 11.5 Å². The minimum Gasteiger partial charge on any atom is -0.466 e. The Morgan fingerprint density at radius 2 is 2.00 bits per heavy atom. The first-order valence-electron chi connectivity index (χ1n) is 6.30. The maximum Gasteiger partial charge on any atom is 0.241 e. The number of furan rings is 1. The maximum absolute atomic E-state index is 12.2. The molecule has 0 amide bonds. The number of aliphatic hydroxyl groups is 1. The van der Waals surface area contributed by atoms with Crippen molar-refractivity contribution in [2.24, 2.45) is 0 Å². The van der Waals surface area contributed by atoms with E-state index in [1.807, 2.05) is 0 Å². The van der Waals surface area contributed by atoms with Gasteiger partial charge in [0.15, 0.2) is 0 Å². The Balaban J connectivity index is 2.12. The molecule has 0 radical (unpaired) electrons. The molecule has 0 aliphatic rings. The number of rotatable bonds is 5. The summed E-state index contributed by atoms with van der Waals surface area (Å²) >= 11 is 3.20. The van der Waals surface area contributed by atoms with Crippen LogP contribution in [0.3, 0.4) is 0 Å². The third-order valence-corrected chi connectivity index (χ3v) is 5.47. The highest BCUT2D eigenvalue weighted by Gasteiger charge is 2.20. The lowest BCUT2D eigenvalue weighted by Gasteiger charge is -2.12. The summed E-state index contributed by atoms with van der Waals surface area (Å²) in [7, 11) is -3.69. The van der Waals surface area contributed by atoms with Crippen molar-refractivity contribution in [1.82, 2.24) is 4.72 Å². The van der Waals surface area contributed by atoms with Crippen molar-refractivity contribution in [2.75, 3.05) is 6.54 Å². The molecule has 21 heavy (non-hydrogen) atoms. The summed E-state index contributed by atoms with van der Waals surface area (Å²) in [4.78, 5) is 0.136. The summed E-state index contributed by atoms with van der Waals surface area (Å²) in [6, 6.07) is 8.21. The number of hydrogen-bond acceptors (Lipinski definition) is 4. The molecule has 0 aliphatic heterocycles. The van der Waals surface area contributed by atoms with E-state index in [4.69, 9.17) is 4.42 Å². The van der Waals surface area contributed by atoms with Crippen LogP contribution >= 0.6 is 15.9 Å². The SMILES string of the molecule is Cc1cc(C(O)CNS(=O)(=O)c2ccccc2Br)c(C)o1. The Bertz CT molecular complexity index is 739. The van der Waals surface area contributed by atoms with Crippen LogP contribution in [0.1, 0.15) is 23.2 Å². The molecule has 1 unspecified atom stereocenters. The molecular formula is C14H16BrNO4S. The zero-order valence-electron chi connectivity index (χ0n) is 11.6. The molecule has 1 aromatic carbocycles. The molecule has 0 saturated heterocycles. The van der Waals surface area contributed by atoms with E-state index in [0.717, 1.165) is 0 Å². The molecule has 0 aliphatic carbocycles. The molecule has 114 valence electrons. The summed E-state index contributed by atoms with van der Waals surface area (Å²) in [5.74, 6) is 1.26. The second-order valence-corrected chi connectivity index (χ2v) is 7.26. The standard InChI is InChI=1S/C14H16BrNO4S/c1-9-7-11(10(2)20-9)13(17)8-16-21(18,19)14-6-4-3-5-12(14)15/h3-7,13,16-17H,8H2,1-2H3. The molecule has 2 aromatic rings. The average molecular weight is 374 g/mol. The molecule has 0 saturated carbocycles. The number of benzene rings is 1. The lowest BCUT2D eigenvalue weighted by atomic mass is 10.1. The fourth-order valence-electron chi connectivity index (χ4n) is 2.02. The molecule has 2 N–H and O–H groups in total. The van der Waals surface area contributed by atoms with Crippen LogP contribution < -0.4 is 4.72 Å². The van der Waals surface area contributed by atoms with Gasteiger partial charge in [0.25, 0.3) is 0 Å². The van der Waals surface area contributed by atoms with Gasteiger partial charge in [-0.3, -0.25) is 0 Å². The summed E-state index contributed by atoms with van der Waals surface area (Å²) in [5.41, 5.74) is 0.585. The Hall–Kier alpha value is -1.15. The Kier molecular flexibility index (Phi) is 4.88. The van der Waals surface area contributed by atoms with Gasteiger partial charge < -0.3 is 9.52 Å². The molecule has 0 fully saturated rings. The van der Waals surface area contributed by atoms with Crippen molar-refractivity contribution in [3.05, 3.63) is 51.9 Å². The Labute approximate surface area is 132 Å². The largest absolute Gasteiger partial charge is 0.466 e. The van der Waals surface area contributed by atoms with E-state index >= 15 is 0 Å². The van der Waals surface area contributed by atoms with Gasteiger partial charge >= 0.3 is 0 Å². The molecule has 7 heteroatoms. The van der Waals surface area contributed by atoms with Gasteiger partial charge in [-0.25, -0.2) is 13.1 Å². The van der Waals surface area contributed by atoms with Crippen molar-refractivity contribution >= 4 is 26.0 Å². The fourth-order valence-corrected chi connectivity index (χ4v) is 4.06. The van der Waals surface area contributed by atoms with Crippen LogP contribution in [-0.2, 0) is 10.0 Å². The van der Waals surface area contributed by atoms with Gasteiger partial charge in [0.05, 0.1) is 11.0 Å². The molecule has 2 rings (SSSR count). The quantitative estimate of drug-likeness (QED) is 0.844. The number of aliphatic hydroxyl groups excluding tert-OH is 1. The fraction of sp³-hybridized carbons (Fsp3) is 0.286. The second-order valence-electron chi connectivity index (χ2n) is 4.67. The van der Waals surface area contributed by atoms with Crippen LogP contribution in [0, 0.1) is 13.8 Å². The molecule has 1 atom stereocenters. The number of aryl methyl sites for hydroxylation is 2.